The molecule has 3 aromatic rings. The van der Waals surface area contributed by atoms with Gasteiger partial charge in [0.05, 0.1) is 24.9 Å². The lowest BCUT2D eigenvalue weighted by Crippen LogP contribution is -2.45. The van der Waals surface area contributed by atoms with Crippen LogP contribution in [0, 0.1) is 0 Å². The van der Waals surface area contributed by atoms with E-state index in [0.717, 1.165) is 49.7 Å². The Bertz CT molecular complexity index is 810. The molecule has 0 spiro atoms. The van der Waals surface area contributed by atoms with Crippen LogP contribution in [-0.2, 0) is 13.1 Å². The molecule has 4 rings (SSSR count). The van der Waals surface area contributed by atoms with Gasteiger partial charge in [-0.3, -0.25) is 9.80 Å². The molecule has 0 amide bonds. The molecule has 0 unspecified atom stereocenters. The van der Waals surface area contributed by atoms with Gasteiger partial charge in [0, 0.05) is 43.7 Å². The highest BCUT2D eigenvalue weighted by Crippen LogP contribution is 2.20. The van der Waals surface area contributed by atoms with Gasteiger partial charge < -0.3 is 9.26 Å². The molecule has 1 saturated heterocycles. The molecule has 8 heteroatoms. The summed E-state index contributed by atoms with van der Waals surface area (Å²) in [4.78, 5) is 13.7. The van der Waals surface area contributed by atoms with E-state index < -0.39 is 0 Å². The fourth-order valence-electron chi connectivity index (χ4n) is 3.02. The Kier molecular flexibility index (Phi) is 5.24. The lowest BCUT2D eigenvalue weighted by Gasteiger charge is -2.33. The Morgan fingerprint density at radius 3 is 2.46 bits per heavy atom. The van der Waals surface area contributed by atoms with E-state index in [1.807, 2.05) is 29.8 Å². The van der Waals surface area contributed by atoms with Gasteiger partial charge in [0.2, 0.25) is 11.7 Å². The second-order valence-electron chi connectivity index (χ2n) is 6.27. The van der Waals surface area contributed by atoms with Gasteiger partial charge in [-0.1, -0.05) is 5.16 Å². The molecule has 26 heavy (non-hydrogen) atoms. The minimum atomic E-state index is 0.616. The first-order valence-corrected chi connectivity index (χ1v) is 9.53. The van der Waals surface area contributed by atoms with Crippen molar-refractivity contribution in [2.45, 2.75) is 13.1 Å². The van der Waals surface area contributed by atoms with Crippen molar-refractivity contribution >= 4 is 11.3 Å². The second kappa shape index (κ2) is 7.94. The zero-order valence-electron chi connectivity index (χ0n) is 14.7. The van der Waals surface area contributed by atoms with Crippen LogP contribution in [0.4, 0.5) is 0 Å². The molecule has 7 nitrogen and oxygen atoms in total. The van der Waals surface area contributed by atoms with Crippen molar-refractivity contribution < 1.29 is 9.26 Å². The maximum absolute atomic E-state index is 5.43. The number of ether oxygens (including phenoxy) is 1. The molecule has 0 radical (unpaired) electrons. The average Bonchev–Trinajstić information content (AvgIpc) is 3.36. The number of piperazine rings is 1. The molecule has 1 aliphatic rings. The lowest BCUT2D eigenvalue weighted by atomic mass is 10.2. The van der Waals surface area contributed by atoms with Crippen molar-refractivity contribution in [1.29, 1.82) is 0 Å². The molecule has 136 valence electrons. The predicted octanol–water partition coefficient (Wildman–Crippen LogP) is 2.52. The number of hydrogen-bond acceptors (Lipinski definition) is 8. The van der Waals surface area contributed by atoms with Crippen LogP contribution in [0.15, 0.2) is 39.7 Å². The zero-order valence-corrected chi connectivity index (χ0v) is 15.5. The van der Waals surface area contributed by atoms with E-state index >= 15 is 0 Å². The summed E-state index contributed by atoms with van der Waals surface area (Å²) in [6, 6.07) is 7.66. The monoisotopic (exact) mass is 371 g/mol. The van der Waals surface area contributed by atoms with E-state index in [9.17, 15) is 0 Å². The number of rotatable bonds is 6. The highest BCUT2D eigenvalue weighted by molar-refractivity contribution is 7.07. The van der Waals surface area contributed by atoms with Gasteiger partial charge in [-0.2, -0.15) is 4.98 Å². The summed E-state index contributed by atoms with van der Waals surface area (Å²) in [5.74, 6) is 2.08. The molecule has 1 fully saturated rings. The predicted molar refractivity (Wildman–Crippen MR) is 99.0 cm³/mol. The highest BCUT2D eigenvalue weighted by Gasteiger charge is 2.20. The van der Waals surface area contributed by atoms with E-state index in [1.165, 1.54) is 0 Å². The standard InChI is InChI=1S/C18H21N5O2S/c1-24-16-4-2-14(3-5-16)18-20-17(25-21-18)11-23-8-6-22(7-9-23)10-15-12-26-13-19-15/h2-5,12-13H,6-11H2,1H3. The summed E-state index contributed by atoms with van der Waals surface area (Å²) in [5.41, 5.74) is 3.97. The summed E-state index contributed by atoms with van der Waals surface area (Å²) in [7, 11) is 1.65. The molecular weight excluding hydrogens is 350 g/mol. The van der Waals surface area contributed by atoms with Crippen LogP contribution in [0.3, 0.4) is 0 Å². The normalized spacial score (nSPS) is 16.0. The van der Waals surface area contributed by atoms with Crippen molar-refractivity contribution in [3.8, 4) is 17.1 Å². The Labute approximate surface area is 156 Å². The van der Waals surface area contributed by atoms with Crippen LogP contribution in [0.1, 0.15) is 11.6 Å². The Hall–Kier alpha value is -2.29. The van der Waals surface area contributed by atoms with E-state index in [0.29, 0.717) is 18.3 Å². The molecular formula is C18H21N5O2S. The van der Waals surface area contributed by atoms with Crippen molar-refractivity contribution in [3.05, 3.63) is 46.7 Å². The van der Waals surface area contributed by atoms with Crippen LogP contribution >= 0.6 is 11.3 Å². The fraction of sp³-hybridized carbons (Fsp3) is 0.389. The van der Waals surface area contributed by atoms with Gasteiger partial charge in [0.1, 0.15) is 5.75 Å². The first-order chi connectivity index (χ1) is 12.8. The van der Waals surface area contributed by atoms with E-state index in [-0.39, 0.29) is 0 Å². The largest absolute Gasteiger partial charge is 0.497 e. The quantitative estimate of drug-likeness (QED) is 0.659. The smallest absolute Gasteiger partial charge is 0.241 e. The van der Waals surface area contributed by atoms with Gasteiger partial charge >= 0.3 is 0 Å². The number of nitrogens with zero attached hydrogens (tertiary/aromatic N) is 5. The molecule has 0 aliphatic carbocycles. The van der Waals surface area contributed by atoms with Crippen molar-refractivity contribution in [3.63, 3.8) is 0 Å². The van der Waals surface area contributed by atoms with E-state index in [1.54, 1.807) is 18.4 Å². The number of benzene rings is 1. The SMILES string of the molecule is COc1ccc(-c2noc(CN3CCN(Cc4cscn4)CC3)n2)cc1. The third-order valence-electron chi connectivity index (χ3n) is 4.51. The van der Waals surface area contributed by atoms with Gasteiger partial charge in [-0.25, -0.2) is 4.98 Å². The van der Waals surface area contributed by atoms with Crippen LogP contribution in [0.5, 0.6) is 5.75 Å². The molecule has 0 atom stereocenters. The summed E-state index contributed by atoms with van der Waals surface area (Å²) in [6.45, 7) is 5.65. The van der Waals surface area contributed by atoms with Crippen molar-refractivity contribution in [1.82, 2.24) is 24.9 Å². The highest BCUT2D eigenvalue weighted by atomic mass is 32.1. The zero-order chi connectivity index (χ0) is 17.8. The molecule has 0 saturated carbocycles. The lowest BCUT2D eigenvalue weighted by molar-refractivity contribution is 0.111. The van der Waals surface area contributed by atoms with E-state index in [2.05, 4.69) is 30.3 Å². The maximum atomic E-state index is 5.43. The molecule has 2 aromatic heterocycles. The second-order valence-corrected chi connectivity index (χ2v) is 6.99. The topological polar surface area (TPSA) is 67.5 Å². The van der Waals surface area contributed by atoms with Gasteiger partial charge in [0.15, 0.2) is 0 Å². The summed E-state index contributed by atoms with van der Waals surface area (Å²) in [5, 5.41) is 6.22. The molecule has 3 heterocycles. The summed E-state index contributed by atoms with van der Waals surface area (Å²) >= 11 is 1.65. The minimum Gasteiger partial charge on any atom is -0.497 e. The number of hydrogen-bond donors (Lipinski definition) is 0. The minimum absolute atomic E-state index is 0.616. The number of methoxy groups -OCH3 is 1. The van der Waals surface area contributed by atoms with Gasteiger partial charge in [-0.15, -0.1) is 11.3 Å². The summed E-state index contributed by atoms with van der Waals surface area (Å²) in [6.07, 6.45) is 0. The van der Waals surface area contributed by atoms with Crippen LogP contribution < -0.4 is 4.74 Å². The van der Waals surface area contributed by atoms with Crippen molar-refractivity contribution in [2.24, 2.45) is 0 Å². The number of thiazole rings is 1. The third-order valence-corrected chi connectivity index (χ3v) is 5.14. The molecule has 0 N–H and O–H groups in total. The van der Waals surface area contributed by atoms with Crippen LogP contribution in [-0.4, -0.2) is 58.2 Å². The number of aromatic nitrogens is 3. The first-order valence-electron chi connectivity index (χ1n) is 8.59. The Balaban J connectivity index is 1.30. The first kappa shape index (κ1) is 17.1. The van der Waals surface area contributed by atoms with Crippen molar-refractivity contribution in [2.75, 3.05) is 33.3 Å². The van der Waals surface area contributed by atoms with Gasteiger partial charge in [0.25, 0.3) is 0 Å². The summed E-state index contributed by atoms with van der Waals surface area (Å²) < 4.78 is 10.6. The third kappa shape index (κ3) is 4.09. The Morgan fingerprint density at radius 1 is 1.08 bits per heavy atom. The fourth-order valence-corrected chi connectivity index (χ4v) is 3.57. The maximum Gasteiger partial charge on any atom is 0.241 e. The molecule has 0 bridgehead atoms. The van der Waals surface area contributed by atoms with E-state index in [4.69, 9.17) is 9.26 Å². The Morgan fingerprint density at radius 2 is 1.81 bits per heavy atom. The van der Waals surface area contributed by atoms with Crippen LogP contribution in [0.25, 0.3) is 11.4 Å². The molecule has 1 aromatic carbocycles. The van der Waals surface area contributed by atoms with Crippen LogP contribution in [0.2, 0.25) is 0 Å². The van der Waals surface area contributed by atoms with Gasteiger partial charge in [-0.05, 0) is 24.3 Å². The average molecular weight is 371 g/mol. The molecule has 1 aliphatic heterocycles.